The summed E-state index contributed by atoms with van der Waals surface area (Å²) in [4.78, 5) is 10.3. The molecule has 0 amide bonds. The van der Waals surface area contributed by atoms with Gasteiger partial charge in [-0.3, -0.25) is 4.79 Å². The van der Waals surface area contributed by atoms with Crippen LogP contribution in [0.4, 0.5) is 0 Å². The molecule has 0 aliphatic carbocycles. The fraction of sp³-hybridized carbons (Fsp3) is 0.875. The molecule has 7 nitrogen and oxygen atoms in total. The summed E-state index contributed by atoms with van der Waals surface area (Å²) in [5.41, 5.74) is 0. The number of sulfonamides is 1. The summed E-state index contributed by atoms with van der Waals surface area (Å²) in [7, 11) is -3.63. The van der Waals surface area contributed by atoms with Gasteiger partial charge in [-0.15, -0.1) is 0 Å². The Morgan fingerprint density at radius 2 is 2.19 bits per heavy atom. The monoisotopic (exact) mass is 253 g/mol. The van der Waals surface area contributed by atoms with E-state index in [1.54, 1.807) is 0 Å². The van der Waals surface area contributed by atoms with Gasteiger partial charge in [-0.2, -0.15) is 4.31 Å². The minimum absolute atomic E-state index is 0.142. The molecule has 94 valence electrons. The lowest BCUT2D eigenvalue weighted by atomic mass is 10.3. The molecule has 0 aromatic carbocycles. The first-order valence-corrected chi connectivity index (χ1v) is 6.48. The van der Waals surface area contributed by atoms with Gasteiger partial charge in [-0.05, 0) is 0 Å². The lowest BCUT2D eigenvalue weighted by Crippen LogP contribution is -2.51. The number of rotatable bonds is 5. The highest BCUT2D eigenvalue weighted by Gasteiger charge is 2.32. The number of aliphatic carboxylic acids is 1. The zero-order valence-electron chi connectivity index (χ0n) is 8.70. The Kier molecular flexibility index (Phi) is 4.66. The van der Waals surface area contributed by atoms with Crippen LogP contribution in [0.2, 0.25) is 0 Å². The second-order valence-corrected chi connectivity index (χ2v) is 5.52. The van der Waals surface area contributed by atoms with E-state index in [-0.39, 0.29) is 26.4 Å². The summed E-state index contributed by atoms with van der Waals surface area (Å²) in [6.45, 7) is 0.241. The van der Waals surface area contributed by atoms with Crippen LogP contribution in [-0.2, 0) is 19.6 Å². The van der Waals surface area contributed by atoms with Gasteiger partial charge in [0.05, 0.1) is 38.0 Å². The van der Waals surface area contributed by atoms with Crippen LogP contribution in [0.1, 0.15) is 6.42 Å². The maximum Gasteiger partial charge on any atom is 0.304 e. The predicted octanol–water partition coefficient (Wildman–Crippen LogP) is -1.52. The van der Waals surface area contributed by atoms with Gasteiger partial charge in [0.2, 0.25) is 10.0 Å². The highest BCUT2D eigenvalue weighted by atomic mass is 32.2. The Balaban J connectivity index is 2.68. The molecule has 1 rings (SSSR count). The highest BCUT2D eigenvalue weighted by Crippen LogP contribution is 2.13. The molecule has 1 saturated heterocycles. The standard InChI is InChI=1S/C8H15NO6S/c10-5-7-6-15-3-2-9(7)16(13,14)4-1-8(11)12/h7,10H,1-6H2,(H,11,12). The molecular weight excluding hydrogens is 238 g/mol. The Hall–Kier alpha value is -0.700. The number of aliphatic hydroxyl groups excluding tert-OH is 1. The smallest absolute Gasteiger partial charge is 0.304 e. The van der Waals surface area contributed by atoms with Crippen molar-refractivity contribution in [3.05, 3.63) is 0 Å². The van der Waals surface area contributed by atoms with Crippen LogP contribution in [0.15, 0.2) is 0 Å². The van der Waals surface area contributed by atoms with Crippen LogP contribution in [0.3, 0.4) is 0 Å². The largest absolute Gasteiger partial charge is 0.481 e. The number of carboxylic acids is 1. The zero-order valence-corrected chi connectivity index (χ0v) is 9.52. The summed E-state index contributed by atoms with van der Waals surface area (Å²) in [5.74, 6) is -1.60. The SMILES string of the molecule is O=C(O)CCS(=O)(=O)N1CCOCC1CO. The first-order valence-electron chi connectivity index (χ1n) is 4.87. The number of hydrogen-bond donors (Lipinski definition) is 2. The van der Waals surface area contributed by atoms with E-state index in [4.69, 9.17) is 14.9 Å². The number of morpholine rings is 1. The van der Waals surface area contributed by atoms with Crippen LogP contribution in [0.5, 0.6) is 0 Å². The van der Waals surface area contributed by atoms with E-state index in [1.807, 2.05) is 0 Å². The molecule has 0 spiro atoms. The van der Waals surface area contributed by atoms with E-state index < -0.39 is 34.2 Å². The molecule has 0 aromatic rings. The fourth-order valence-electron chi connectivity index (χ4n) is 1.48. The van der Waals surface area contributed by atoms with Gasteiger partial charge in [0, 0.05) is 6.54 Å². The number of nitrogens with zero attached hydrogens (tertiary/aromatic N) is 1. The predicted molar refractivity (Wildman–Crippen MR) is 54.4 cm³/mol. The quantitative estimate of drug-likeness (QED) is 0.617. The number of carboxylic acid groups (broad SMARTS) is 1. The van der Waals surface area contributed by atoms with Crippen molar-refractivity contribution in [2.45, 2.75) is 12.5 Å². The lowest BCUT2D eigenvalue weighted by Gasteiger charge is -2.33. The summed E-state index contributed by atoms with van der Waals surface area (Å²) in [6.07, 6.45) is -0.433. The molecule has 1 aliphatic rings. The molecule has 1 atom stereocenters. The molecule has 0 radical (unpaired) electrons. The number of carbonyl (C=O) groups is 1. The van der Waals surface area contributed by atoms with Crippen molar-refractivity contribution in [1.29, 1.82) is 0 Å². The van der Waals surface area contributed by atoms with Gasteiger partial charge < -0.3 is 14.9 Å². The summed E-state index contributed by atoms with van der Waals surface area (Å²) < 4.78 is 29.7. The van der Waals surface area contributed by atoms with E-state index in [0.717, 1.165) is 4.31 Å². The van der Waals surface area contributed by atoms with Crippen LogP contribution in [-0.4, -0.2) is 67.1 Å². The van der Waals surface area contributed by atoms with Crippen molar-refractivity contribution < 1.29 is 28.2 Å². The van der Waals surface area contributed by atoms with E-state index >= 15 is 0 Å². The molecular formula is C8H15NO6S. The van der Waals surface area contributed by atoms with Crippen molar-refractivity contribution in [3.8, 4) is 0 Å². The third-order valence-electron chi connectivity index (χ3n) is 2.32. The molecule has 1 heterocycles. The van der Waals surface area contributed by atoms with Gasteiger partial charge in [0.15, 0.2) is 0 Å². The Morgan fingerprint density at radius 1 is 1.50 bits per heavy atom. The number of aliphatic hydroxyl groups is 1. The average Bonchev–Trinajstić information content (AvgIpc) is 2.26. The Labute approximate surface area is 93.7 Å². The van der Waals surface area contributed by atoms with Crippen molar-refractivity contribution >= 4 is 16.0 Å². The molecule has 1 fully saturated rings. The van der Waals surface area contributed by atoms with E-state index in [0.29, 0.717) is 0 Å². The van der Waals surface area contributed by atoms with Crippen LogP contribution >= 0.6 is 0 Å². The van der Waals surface area contributed by atoms with E-state index in [1.165, 1.54) is 0 Å². The molecule has 2 N–H and O–H groups in total. The summed E-state index contributed by atoms with van der Waals surface area (Å²) in [5, 5.41) is 17.4. The molecule has 8 heteroatoms. The van der Waals surface area contributed by atoms with Gasteiger partial charge >= 0.3 is 5.97 Å². The Bertz CT molecular complexity index is 340. The second-order valence-electron chi connectivity index (χ2n) is 3.48. The molecule has 0 bridgehead atoms. The lowest BCUT2D eigenvalue weighted by molar-refractivity contribution is -0.136. The average molecular weight is 253 g/mol. The maximum absolute atomic E-state index is 11.8. The zero-order chi connectivity index (χ0) is 12.2. The highest BCUT2D eigenvalue weighted by molar-refractivity contribution is 7.89. The van der Waals surface area contributed by atoms with Crippen LogP contribution in [0.25, 0.3) is 0 Å². The normalized spacial score (nSPS) is 23.2. The van der Waals surface area contributed by atoms with Crippen molar-refractivity contribution in [3.63, 3.8) is 0 Å². The van der Waals surface area contributed by atoms with Crippen molar-refractivity contribution in [1.82, 2.24) is 4.31 Å². The molecule has 0 aromatic heterocycles. The fourth-order valence-corrected chi connectivity index (χ4v) is 3.08. The van der Waals surface area contributed by atoms with Gasteiger partial charge in [0.25, 0.3) is 0 Å². The summed E-state index contributed by atoms with van der Waals surface area (Å²) >= 11 is 0. The second kappa shape index (κ2) is 5.58. The minimum atomic E-state index is -3.63. The molecule has 0 saturated carbocycles. The number of hydrogen-bond acceptors (Lipinski definition) is 5. The number of ether oxygens (including phenoxy) is 1. The van der Waals surface area contributed by atoms with E-state index in [9.17, 15) is 13.2 Å². The first-order chi connectivity index (χ1) is 7.47. The van der Waals surface area contributed by atoms with Gasteiger partial charge in [-0.25, -0.2) is 8.42 Å². The molecule has 1 aliphatic heterocycles. The van der Waals surface area contributed by atoms with Gasteiger partial charge in [-0.1, -0.05) is 0 Å². The maximum atomic E-state index is 11.8. The topological polar surface area (TPSA) is 104 Å². The van der Waals surface area contributed by atoms with Crippen molar-refractivity contribution in [2.24, 2.45) is 0 Å². The third kappa shape index (κ3) is 3.41. The van der Waals surface area contributed by atoms with E-state index in [2.05, 4.69) is 0 Å². The molecule has 16 heavy (non-hydrogen) atoms. The Morgan fingerprint density at radius 3 is 2.75 bits per heavy atom. The first kappa shape index (κ1) is 13.4. The van der Waals surface area contributed by atoms with Crippen molar-refractivity contribution in [2.75, 3.05) is 32.1 Å². The van der Waals surface area contributed by atoms with Gasteiger partial charge in [0.1, 0.15) is 0 Å². The minimum Gasteiger partial charge on any atom is -0.481 e. The summed E-state index contributed by atoms with van der Waals surface area (Å²) in [6, 6.07) is -0.604. The molecule has 1 unspecified atom stereocenters. The van der Waals surface area contributed by atoms with Crippen LogP contribution in [0, 0.1) is 0 Å². The van der Waals surface area contributed by atoms with Crippen LogP contribution < -0.4 is 0 Å². The third-order valence-corrected chi connectivity index (χ3v) is 4.23.